The van der Waals surface area contributed by atoms with Crippen molar-refractivity contribution in [3.63, 3.8) is 0 Å². The SMILES string of the molecule is CN(C)OOSc1ccc2c(c1)[C@@H]1c3cc(O)c(Cl)cc3CCN(C)[C@H]1CC2.CN1CCc2cc(Cl)c(OC(=O)c3ccc([N+](=O)[O-])cc3)cc2[C@H]2c3ccccc3CC[C@@H]21. The molecule has 0 amide bonds. The molecule has 318 valence electrons. The number of fused-ring (bicyclic) bond motifs is 10. The first-order valence-corrected chi connectivity index (χ1v) is 22.0. The minimum Gasteiger partial charge on any atom is -0.506 e. The van der Waals surface area contributed by atoms with Crippen molar-refractivity contribution >= 4 is 46.9 Å². The van der Waals surface area contributed by atoms with Gasteiger partial charge in [-0.25, -0.2) is 4.79 Å². The van der Waals surface area contributed by atoms with Crippen LogP contribution in [0.3, 0.4) is 0 Å². The van der Waals surface area contributed by atoms with Crippen LogP contribution in [0, 0.1) is 10.1 Å². The van der Waals surface area contributed by atoms with E-state index in [1.165, 1.54) is 80.3 Å². The van der Waals surface area contributed by atoms with Gasteiger partial charge < -0.3 is 19.6 Å². The highest BCUT2D eigenvalue weighted by Gasteiger charge is 2.38. The maximum atomic E-state index is 12.8. The van der Waals surface area contributed by atoms with Crippen molar-refractivity contribution in [3.8, 4) is 11.5 Å². The van der Waals surface area contributed by atoms with Gasteiger partial charge in [0.2, 0.25) is 0 Å². The van der Waals surface area contributed by atoms with Crippen molar-refractivity contribution in [2.45, 2.75) is 67.3 Å². The Kier molecular flexibility index (Phi) is 13.1. The number of phenolic OH excluding ortho intramolecular Hbond substituents is 1. The van der Waals surface area contributed by atoms with Gasteiger partial charge in [0.05, 0.1) is 32.6 Å². The lowest BCUT2D eigenvalue weighted by molar-refractivity contribution is -0.384. The minimum absolute atomic E-state index is 0.0826. The number of nitro benzene ring substituents is 1. The molecule has 0 spiro atoms. The number of hydrogen-bond donors (Lipinski definition) is 1. The van der Waals surface area contributed by atoms with E-state index in [0.29, 0.717) is 27.9 Å². The number of phenols is 1. The number of halogens is 2. The molecule has 14 heteroatoms. The quantitative estimate of drug-likeness (QED) is 0.0421. The molecule has 5 aromatic carbocycles. The summed E-state index contributed by atoms with van der Waals surface area (Å²) in [6.45, 7) is 1.92. The van der Waals surface area contributed by atoms with Gasteiger partial charge in [0.1, 0.15) is 11.5 Å². The van der Waals surface area contributed by atoms with Crippen LogP contribution in [0.15, 0.2) is 95.9 Å². The summed E-state index contributed by atoms with van der Waals surface area (Å²) in [5.74, 6) is 0.239. The molecule has 0 saturated heterocycles. The minimum atomic E-state index is -0.599. The van der Waals surface area contributed by atoms with E-state index in [2.05, 4.69) is 66.4 Å². The van der Waals surface area contributed by atoms with Crippen LogP contribution in [0.5, 0.6) is 11.5 Å². The number of aryl methyl sites for hydroxylation is 2. The molecule has 2 aliphatic carbocycles. The molecule has 0 unspecified atom stereocenters. The second-order valence-electron chi connectivity index (χ2n) is 16.4. The fourth-order valence-corrected chi connectivity index (χ4v) is 10.4. The number of hydroxylamine groups is 2. The normalized spacial score (nSPS) is 20.6. The van der Waals surface area contributed by atoms with E-state index in [1.807, 2.05) is 24.3 Å². The number of rotatable bonds is 7. The summed E-state index contributed by atoms with van der Waals surface area (Å²) in [6, 6.07) is 28.8. The molecule has 2 heterocycles. The van der Waals surface area contributed by atoms with E-state index in [4.69, 9.17) is 37.3 Å². The predicted molar refractivity (Wildman–Crippen MR) is 238 cm³/mol. The lowest BCUT2D eigenvalue weighted by Crippen LogP contribution is -2.39. The summed E-state index contributed by atoms with van der Waals surface area (Å²) in [7, 11) is 7.92. The molecule has 0 aromatic heterocycles. The third-order valence-electron chi connectivity index (χ3n) is 12.5. The topological polar surface area (TPSA) is 118 Å². The summed E-state index contributed by atoms with van der Waals surface area (Å²) in [5, 5.41) is 23.5. The van der Waals surface area contributed by atoms with Crippen molar-refractivity contribution in [2.75, 3.05) is 41.3 Å². The Bertz CT molecular complexity index is 2450. The summed E-state index contributed by atoms with van der Waals surface area (Å²) < 4.78 is 10.9. The second-order valence-corrected chi connectivity index (χ2v) is 18.0. The average molecular weight is 884 g/mol. The van der Waals surface area contributed by atoms with E-state index in [9.17, 15) is 20.0 Å². The largest absolute Gasteiger partial charge is 0.506 e. The standard InChI is InChI=1S/C26H23ClN2O4.C21H25ClN2O3S/c1-28-13-12-18-14-22(27)24(33-26(30)17-6-9-19(10-7-17)29(31)32)15-21(18)25-20-5-3-2-4-16(20)8-11-23(25)28;1-23(2)26-27-28-15-6-4-13-5-7-19-21(16(13)11-15)17-12-20(25)18(22)10-14(17)8-9-24(19)3/h2-7,9-10,14-15,23,25H,8,11-13H2,1H3;4,6,10-12,19,21,25H,5,7-9H2,1-3H3/t23-,25+;19-,21+/m00/s1. The third-order valence-corrected chi connectivity index (χ3v) is 13.7. The lowest BCUT2D eigenvalue weighted by Gasteiger charge is -2.38. The number of esters is 1. The molecule has 4 aliphatic rings. The van der Waals surface area contributed by atoms with Gasteiger partial charge in [0.25, 0.3) is 5.69 Å². The van der Waals surface area contributed by atoms with Gasteiger partial charge in [0, 0.05) is 68.1 Å². The second kappa shape index (κ2) is 18.5. The highest BCUT2D eigenvalue weighted by molar-refractivity contribution is 7.94. The molecule has 4 atom stereocenters. The van der Waals surface area contributed by atoms with Crippen LogP contribution in [-0.2, 0) is 35.0 Å². The average Bonchev–Trinajstić information content (AvgIpc) is 3.48. The van der Waals surface area contributed by atoms with E-state index >= 15 is 0 Å². The molecule has 61 heavy (non-hydrogen) atoms. The van der Waals surface area contributed by atoms with E-state index in [-0.39, 0.29) is 28.8 Å². The lowest BCUT2D eigenvalue weighted by atomic mass is 9.74. The van der Waals surface area contributed by atoms with Crippen LogP contribution in [0.2, 0.25) is 10.0 Å². The van der Waals surface area contributed by atoms with Crippen molar-refractivity contribution in [1.29, 1.82) is 0 Å². The van der Waals surface area contributed by atoms with E-state index in [0.717, 1.165) is 62.1 Å². The fourth-order valence-electron chi connectivity index (χ4n) is 9.50. The monoisotopic (exact) mass is 882 g/mol. The Morgan fingerprint density at radius 3 is 2.00 bits per heavy atom. The van der Waals surface area contributed by atoms with E-state index < -0.39 is 10.9 Å². The van der Waals surface area contributed by atoms with Gasteiger partial charge in [-0.05, 0) is 146 Å². The Balaban J connectivity index is 0.000000171. The summed E-state index contributed by atoms with van der Waals surface area (Å²) in [6.07, 6.45) is 6.07. The fraction of sp³-hybridized carbons (Fsp3) is 0.340. The number of benzene rings is 5. The Hall–Kier alpha value is -4.50. The predicted octanol–water partition coefficient (Wildman–Crippen LogP) is 9.81. The molecule has 1 N–H and O–H groups in total. The Morgan fingerprint density at radius 1 is 0.754 bits per heavy atom. The van der Waals surface area contributed by atoms with Gasteiger partial charge in [-0.15, -0.1) is 9.32 Å². The maximum Gasteiger partial charge on any atom is 0.343 e. The number of nitro groups is 1. The number of hydrogen-bond acceptors (Lipinski definition) is 11. The van der Waals surface area contributed by atoms with Crippen LogP contribution in [-0.4, -0.2) is 84.2 Å². The summed E-state index contributed by atoms with van der Waals surface area (Å²) in [5.41, 5.74) is 10.2. The molecule has 11 nitrogen and oxygen atoms in total. The Morgan fingerprint density at radius 2 is 1.34 bits per heavy atom. The molecule has 9 rings (SSSR count). The molecule has 0 saturated carbocycles. The molecule has 0 bridgehead atoms. The number of likely N-dealkylation sites (N-methyl/N-ethyl adjacent to an activating group) is 2. The number of ether oxygens (including phenoxy) is 1. The smallest absolute Gasteiger partial charge is 0.343 e. The molecule has 0 fully saturated rings. The Labute approximate surface area is 370 Å². The molecular formula is C47H48Cl2N4O7S. The number of aromatic hydroxyl groups is 1. The van der Waals surface area contributed by atoms with Gasteiger partial charge in [-0.1, -0.05) is 53.5 Å². The van der Waals surface area contributed by atoms with Crippen molar-refractivity contribution in [2.24, 2.45) is 0 Å². The zero-order chi connectivity index (χ0) is 42.9. The summed E-state index contributed by atoms with van der Waals surface area (Å²) >= 11 is 14.0. The van der Waals surface area contributed by atoms with Crippen molar-refractivity contribution < 1.29 is 28.9 Å². The molecule has 2 aliphatic heterocycles. The first kappa shape index (κ1) is 43.2. The number of carbonyl (C=O) groups is 1. The zero-order valence-corrected chi connectivity index (χ0v) is 36.8. The number of carbonyl (C=O) groups excluding carboxylic acids is 1. The third kappa shape index (κ3) is 9.19. The molecular weight excluding hydrogens is 836 g/mol. The van der Waals surface area contributed by atoms with E-state index in [1.54, 1.807) is 14.1 Å². The highest BCUT2D eigenvalue weighted by Crippen LogP contribution is 2.47. The van der Waals surface area contributed by atoms with Crippen LogP contribution >= 0.6 is 35.2 Å². The highest BCUT2D eigenvalue weighted by atomic mass is 35.5. The zero-order valence-electron chi connectivity index (χ0n) is 34.5. The van der Waals surface area contributed by atoms with Gasteiger partial charge in [-0.3, -0.25) is 10.1 Å². The van der Waals surface area contributed by atoms with Gasteiger partial charge in [0.15, 0.2) is 0 Å². The van der Waals surface area contributed by atoms with Crippen LogP contribution in [0.25, 0.3) is 0 Å². The summed E-state index contributed by atoms with van der Waals surface area (Å²) in [4.78, 5) is 34.1. The van der Waals surface area contributed by atoms with Gasteiger partial charge >= 0.3 is 5.97 Å². The first-order chi connectivity index (χ1) is 29.4. The van der Waals surface area contributed by atoms with Crippen LogP contribution < -0.4 is 4.74 Å². The van der Waals surface area contributed by atoms with Crippen molar-refractivity contribution in [1.82, 2.24) is 14.9 Å². The number of non-ortho nitro benzene ring substituents is 1. The molecule has 0 radical (unpaired) electrons. The maximum absolute atomic E-state index is 12.8. The first-order valence-electron chi connectivity index (χ1n) is 20.5. The van der Waals surface area contributed by atoms with Gasteiger partial charge in [-0.2, -0.15) is 5.06 Å². The van der Waals surface area contributed by atoms with Crippen LogP contribution in [0.1, 0.15) is 79.5 Å². The number of nitrogens with zero attached hydrogens (tertiary/aromatic N) is 4. The van der Waals surface area contributed by atoms with Crippen molar-refractivity contribution in [3.05, 3.63) is 161 Å². The molecule has 5 aromatic rings. The van der Waals surface area contributed by atoms with Crippen LogP contribution in [0.4, 0.5) is 5.69 Å².